The quantitative estimate of drug-likeness (QED) is 0.473. The SMILES string of the molecule is CCCCC(CN(C)C)N(C)C.[H-].[Li+]. The molecule has 0 rings (SSSR count). The molecule has 0 aliphatic heterocycles. The molecule has 0 aromatic carbocycles. The van der Waals surface area contributed by atoms with Gasteiger partial charge in [0, 0.05) is 12.6 Å². The van der Waals surface area contributed by atoms with Gasteiger partial charge in [-0.05, 0) is 34.6 Å². The second-order valence-corrected chi connectivity index (χ2v) is 4.02. The van der Waals surface area contributed by atoms with Gasteiger partial charge in [-0.15, -0.1) is 0 Å². The van der Waals surface area contributed by atoms with Crippen LogP contribution in [0.4, 0.5) is 0 Å². The Morgan fingerprint density at radius 2 is 1.69 bits per heavy atom. The Kier molecular flexibility index (Phi) is 11.2. The summed E-state index contributed by atoms with van der Waals surface area (Å²) in [6.45, 7) is 3.43. The van der Waals surface area contributed by atoms with Crippen LogP contribution in [0.3, 0.4) is 0 Å². The van der Waals surface area contributed by atoms with Crippen molar-refractivity contribution in [2.24, 2.45) is 0 Å². The summed E-state index contributed by atoms with van der Waals surface area (Å²) in [5, 5.41) is 0. The summed E-state index contributed by atoms with van der Waals surface area (Å²) in [5.41, 5.74) is 0. The van der Waals surface area contributed by atoms with Crippen molar-refractivity contribution in [3.63, 3.8) is 0 Å². The Labute approximate surface area is 97.3 Å². The van der Waals surface area contributed by atoms with Gasteiger partial charge in [0.15, 0.2) is 0 Å². The normalized spacial score (nSPS) is 13.2. The van der Waals surface area contributed by atoms with Crippen molar-refractivity contribution in [1.29, 1.82) is 0 Å². The van der Waals surface area contributed by atoms with Gasteiger partial charge in [0.2, 0.25) is 0 Å². The second kappa shape index (κ2) is 9.09. The monoisotopic (exact) mass is 180 g/mol. The van der Waals surface area contributed by atoms with E-state index < -0.39 is 0 Å². The van der Waals surface area contributed by atoms with Crippen LogP contribution in [0, 0.1) is 0 Å². The number of unbranched alkanes of at least 4 members (excludes halogenated alkanes) is 1. The Balaban J connectivity index is -0.000000605. The van der Waals surface area contributed by atoms with Crippen LogP contribution in [0.25, 0.3) is 0 Å². The summed E-state index contributed by atoms with van der Waals surface area (Å²) in [4.78, 5) is 4.59. The number of likely N-dealkylation sites (N-methyl/N-ethyl adjacent to an activating group) is 2. The molecule has 0 N–H and O–H groups in total. The van der Waals surface area contributed by atoms with Crippen LogP contribution in [-0.2, 0) is 0 Å². The van der Waals surface area contributed by atoms with Gasteiger partial charge in [-0.2, -0.15) is 0 Å². The van der Waals surface area contributed by atoms with Crippen LogP contribution in [-0.4, -0.2) is 50.6 Å². The summed E-state index contributed by atoms with van der Waals surface area (Å²) < 4.78 is 0. The van der Waals surface area contributed by atoms with Crippen molar-refractivity contribution >= 4 is 0 Å². The van der Waals surface area contributed by atoms with Gasteiger partial charge >= 0.3 is 18.9 Å². The van der Waals surface area contributed by atoms with Crippen molar-refractivity contribution in [3.8, 4) is 0 Å². The fourth-order valence-corrected chi connectivity index (χ4v) is 1.37. The maximum absolute atomic E-state index is 2.33. The number of hydrogen-bond acceptors (Lipinski definition) is 2. The molecule has 0 spiro atoms. The summed E-state index contributed by atoms with van der Waals surface area (Å²) in [6.07, 6.45) is 3.97. The Morgan fingerprint density at radius 1 is 1.15 bits per heavy atom. The zero-order valence-electron chi connectivity index (χ0n) is 11.3. The molecule has 0 aromatic heterocycles. The summed E-state index contributed by atoms with van der Waals surface area (Å²) in [6, 6.07) is 0.722. The number of nitrogens with zero attached hydrogens (tertiary/aromatic N) is 2. The predicted octanol–water partition coefficient (Wildman–Crippen LogP) is -1.22. The smallest absolute Gasteiger partial charge is 1.00 e. The third-order valence-corrected chi connectivity index (χ3v) is 2.20. The third kappa shape index (κ3) is 8.84. The average Bonchev–Trinajstić information content (AvgIpc) is 1.96. The predicted molar refractivity (Wildman–Crippen MR) is 56.7 cm³/mol. The molecule has 1 unspecified atom stereocenters. The molecular weight excluding hydrogens is 155 g/mol. The van der Waals surface area contributed by atoms with Gasteiger partial charge in [-0.3, -0.25) is 0 Å². The second-order valence-electron chi connectivity index (χ2n) is 4.02. The van der Waals surface area contributed by atoms with Crippen molar-refractivity contribution in [1.82, 2.24) is 9.80 Å². The molecule has 0 bridgehead atoms. The van der Waals surface area contributed by atoms with E-state index in [-0.39, 0.29) is 20.3 Å². The minimum Gasteiger partial charge on any atom is -1.00 e. The number of rotatable bonds is 6. The number of hydrogen-bond donors (Lipinski definition) is 0. The first kappa shape index (κ1) is 16.0. The molecule has 3 heteroatoms. The molecule has 0 radical (unpaired) electrons. The van der Waals surface area contributed by atoms with E-state index in [1.165, 1.54) is 25.8 Å². The Bertz CT molecular complexity index is 110. The van der Waals surface area contributed by atoms with E-state index in [1.54, 1.807) is 0 Å². The minimum atomic E-state index is 0. The maximum atomic E-state index is 2.33. The molecule has 0 fully saturated rings. The van der Waals surface area contributed by atoms with Crippen molar-refractivity contribution in [3.05, 3.63) is 0 Å². The van der Waals surface area contributed by atoms with E-state index in [0.29, 0.717) is 0 Å². The van der Waals surface area contributed by atoms with Crippen molar-refractivity contribution < 1.29 is 20.3 Å². The van der Waals surface area contributed by atoms with Gasteiger partial charge in [-0.25, -0.2) is 0 Å². The largest absolute Gasteiger partial charge is 1.00 e. The summed E-state index contributed by atoms with van der Waals surface area (Å²) >= 11 is 0. The molecule has 76 valence electrons. The molecule has 0 aliphatic rings. The summed E-state index contributed by atoms with van der Waals surface area (Å²) in [7, 11) is 8.62. The first-order chi connectivity index (χ1) is 5.57. The zero-order chi connectivity index (χ0) is 9.56. The van der Waals surface area contributed by atoms with E-state index in [9.17, 15) is 0 Å². The van der Waals surface area contributed by atoms with Gasteiger partial charge in [0.25, 0.3) is 0 Å². The fourth-order valence-electron chi connectivity index (χ4n) is 1.37. The molecule has 13 heavy (non-hydrogen) atoms. The van der Waals surface area contributed by atoms with E-state index in [4.69, 9.17) is 0 Å². The summed E-state index contributed by atoms with van der Waals surface area (Å²) in [5.74, 6) is 0. The van der Waals surface area contributed by atoms with Crippen LogP contribution in [0.15, 0.2) is 0 Å². The van der Waals surface area contributed by atoms with Gasteiger partial charge in [0.05, 0.1) is 0 Å². The van der Waals surface area contributed by atoms with Crippen LogP contribution in [0.5, 0.6) is 0 Å². The standard InChI is InChI=1S/C10H24N2.Li.H/c1-6-7-8-10(12(4)5)9-11(2)3;;/h10H,6-9H2,1-5H3;;/q;+1;-1. The first-order valence-electron chi connectivity index (χ1n) is 4.89. The molecule has 1 atom stereocenters. The van der Waals surface area contributed by atoms with Gasteiger partial charge < -0.3 is 11.2 Å². The van der Waals surface area contributed by atoms with Crippen molar-refractivity contribution in [2.45, 2.75) is 32.2 Å². The van der Waals surface area contributed by atoms with Crippen molar-refractivity contribution in [2.75, 3.05) is 34.7 Å². The molecule has 0 aromatic rings. The van der Waals surface area contributed by atoms with E-state index >= 15 is 0 Å². The zero-order valence-corrected chi connectivity index (χ0v) is 10.3. The van der Waals surface area contributed by atoms with E-state index in [1.807, 2.05) is 0 Å². The van der Waals surface area contributed by atoms with Gasteiger partial charge in [0.1, 0.15) is 0 Å². The van der Waals surface area contributed by atoms with E-state index in [0.717, 1.165) is 6.04 Å². The Hall–Kier alpha value is 0.517. The van der Waals surface area contributed by atoms with E-state index in [2.05, 4.69) is 44.9 Å². The maximum Gasteiger partial charge on any atom is 1.00 e. The minimum absolute atomic E-state index is 0. The first-order valence-corrected chi connectivity index (χ1v) is 4.89. The van der Waals surface area contributed by atoms with Crippen LogP contribution in [0.1, 0.15) is 27.6 Å². The Morgan fingerprint density at radius 3 is 2.00 bits per heavy atom. The van der Waals surface area contributed by atoms with Crippen LogP contribution >= 0.6 is 0 Å². The van der Waals surface area contributed by atoms with Crippen LogP contribution in [0.2, 0.25) is 0 Å². The van der Waals surface area contributed by atoms with Gasteiger partial charge in [-0.1, -0.05) is 19.8 Å². The topological polar surface area (TPSA) is 6.48 Å². The molecular formula is C10H25LiN2. The molecule has 0 heterocycles. The molecule has 2 nitrogen and oxygen atoms in total. The molecule has 0 aliphatic carbocycles. The van der Waals surface area contributed by atoms with Crippen LogP contribution < -0.4 is 18.9 Å². The molecule has 0 saturated carbocycles. The molecule has 0 amide bonds. The third-order valence-electron chi connectivity index (χ3n) is 2.20. The average molecular weight is 180 g/mol. The fraction of sp³-hybridized carbons (Fsp3) is 1.00. The molecule has 0 saturated heterocycles.